The summed E-state index contributed by atoms with van der Waals surface area (Å²) >= 11 is 0. The van der Waals surface area contributed by atoms with Crippen LogP contribution in [0.15, 0.2) is 47.9 Å². The molecule has 0 saturated heterocycles. The highest BCUT2D eigenvalue weighted by Crippen LogP contribution is 2.32. The molecule has 188 valence electrons. The van der Waals surface area contributed by atoms with E-state index in [1.54, 1.807) is 18.5 Å². The summed E-state index contributed by atoms with van der Waals surface area (Å²) in [5.74, 6) is -2.25. The first kappa shape index (κ1) is 25.5. The van der Waals surface area contributed by atoms with Crippen molar-refractivity contribution < 1.29 is 23.0 Å². The van der Waals surface area contributed by atoms with E-state index in [-0.39, 0.29) is 42.4 Å². The van der Waals surface area contributed by atoms with Gasteiger partial charge in [-0.05, 0) is 24.6 Å². The number of rotatable bonds is 11. The Morgan fingerprint density at radius 3 is 2.71 bits per heavy atom. The summed E-state index contributed by atoms with van der Waals surface area (Å²) in [5.41, 5.74) is 16.3. The van der Waals surface area contributed by atoms with Crippen molar-refractivity contribution in [2.75, 3.05) is 38.3 Å². The van der Waals surface area contributed by atoms with E-state index in [1.807, 2.05) is 4.90 Å². The quantitative estimate of drug-likeness (QED) is 0.264. The number of anilines is 1. The third kappa shape index (κ3) is 6.93. The first-order valence-corrected chi connectivity index (χ1v) is 10.7. The third-order valence-corrected chi connectivity index (χ3v) is 5.06. The van der Waals surface area contributed by atoms with Gasteiger partial charge in [0.25, 0.3) is 0 Å². The third-order valence-electron chi connectivity index (χ3n) is 5.06. The molecule has 1 aromatic carbocycles. The number of pyridine rings is 1. The van der Waals surface area contributed by atoms with Gasteiger partial charge in [-0.3, -0.25) is 9.79 Å². The number of amides is 1. The Hall–Kier alpha value is -4.13. The van der Waals surface area contributed by atoms with Crippen LogP contribution in [0.2, 0.25) is 0 Å². The number of hydrogen-bond acceptors (Lipinski definition) is 8. The highest BCUT2D eigenvalue weighted by Gasteiger charge is 2.22. The molecule has 0 bridgehead atoms. The van der Waals surface area contributed by atoms with Crippen LogP contribution in [-0.4, -0.2) is 61.2 Å². The fraction of sp³-hybridized carbons (Fsp3) is 0.318. The molecule has 13 heteroatoms. The molecule has 0 unspecified atom stereocenters. The van der Waals surface area contributed by atoms with Crippen LogP contribution in [0, 0.1) is 11.6 Å². The predicted molar refractivity (Wildman–Crippen MR) is 127 cm³/mol. The molecule has 35 heavy (non-hydrogen) atoms. The molecule has 0 radical (unpaired) electrons. The van der Waals surface area contributed by atoms with Gasteiger partial charge in [-0.15, -0.1) is 0 Å². The number of benzene rings is 1. The van der Waals surface area contributed by atoms with E-state index in [4.69, 9.17) is 26.7 Å². The van der Waals surface area contributed by atoms with Crippen LogP contribution in [-0.2, 0) is 4.79 Å². The van der Waals surface area contributed by atoms with E-state index < -0.39 is 17.7 Å². The average Bonchev–Trinajstić information content (AvgIpc) is 3.30. The zero-order chi connectivity index (χ0) is 25.4. The molecule has 1 aliphatic heterocycles. The Bertz CT molecular complexity index is 1080. The van der Waals surface area contributed by atoms with Crippen LogP contribution >= 0.6 is 0 Å². The summed E-state index contributed by atoms with van der Waals surface area (Å²) in [6, 6.07) is 5.09. The van der Waals surface area contributed by atoms with Gasteiger partial charge in [0, 0.05) is 38.1 Å². The van der Waals surface area contributed by atoms with Gasteiger partial charge in [0.05, 0.1) is 31.7 Å². The van der Waals surface area contributed by atoms with Crippen LogP contribution in [0.5, 0.6) is 17.4 Å². The fourth-order valence-electron chi connectivity index (χ4n) is 3.17. The molecule has 2 aromatic rings. The van der Waals surface area contributed by atoms with Crippen LogP contribution in [0.1, 0.15) is 6.42 Å². The Morgan fingerprint density at radius 1 is 1.23 bits per heavy atom. The maximum absolute atomic E-state index is 14.8. The van der Waals surface area contributed by atoms with Crippen molar-refractivity contribution in [1.29, 1.82) is 0 Å². The normalized spacial score (nSPS) is 13.5. The maximum atomic E-state index is 14.8. The number of carbonyl (C=O) groups excluding carboxylic acids is 1. The van der Waals surface area contributed by atoms with Crippen molar-refractivity contribution in [3.8, 4) is 17.4 Å². The summed E-state index contributed by atoms with van der Waals surface area (Å²) in [5, 5.41) is 2.73. The molecule has 1 aromatic heterocycles. The van der Waals surface area contributed by atoms with Crippen LogP contribution in [0.4, 0.5) is 14.5 Å². The number of halogens is 2. The first-order valence-electron chi connectivity index (χ1n) is 10.7. The number of nitrogens with one attached hydrogen (secondary N) is 1. The Balaban J connectivity index is 1.50. The second kappa shape index (κ2) is 11.8. The van der Waals surface area contributed by atoms with Gasteiger partial charge in [0.15, 0.2) is 17.5 Å². The monoisotopic (exact) mass is 490 g/mol. The van der Waals surface area contributed by atoms with Crippen molar-refractivity contribution in [1.82, 2.24) is 15.2 Å². The molecule has 1 atom stereocenters. The second-order valence-electron chi connectivity index (χ2n) is 7.56. The van der Waals surface area contributed by atoms with Gasteiger partial charge in [0.2, 0.25) is 17.6 Å². The lowest BCUT2D eigenvalue weighted by Gasteiger charge is -2.22. The average molecular weight is 491 g/mol. The molecule has 0 fully saturated rings. The van der Waals surface area contributed by atoms with E-state index in [9.17, 15) is 13.6 Å². The number of aromatic nitrogens is 1. The number of methoxy groups -OCH3 is 1. The number of aliphatic imine (C=N–C) groups is 1. The minimum Gasteiger partial charge on any atom is -0.495 e. The lowest BCUT2D eigenvalue weighted by Crippen LogP contribution is -2.43. The summed E-state index contributed by atoms with van der Waals surface area (Å²) in [6.45, 7) is 1.27. The molecule has 11 nitrogen and oxygen atoms in total. The molecule has 7 N–H and O–H groups in total. The Labute approximate surface area is 201 Å². The van der Waals surface area contributed by atoms with Crippen molar-refractivity contribution in [3.05, 3.63) is 54.5 Å². The lowest BCUT2D eigenvalue weighted by molar-refractivity contribution is -0.122. The number of guanidine groups is 1. The van der Waals surface area contributed by atoms with Crippen LogP contribution in [0.3, 0.4) is 0 Å². The van der Waals surface area contributed by atoms with E-state index in [1.165, 1.54) is 36.4 Å². The zero-order valence-corrected chi connectivity index (χ0v) is 19.2. The number of nitrogens with two attached hydrogens (primary N) is 3. The first-order chi connectivity index (χ1) is 16.8. The smallest absolute Gasteiger partial charge is 0.237 e. The summed E-state index contributed by atoms with van der Waals surface area (Å²) in [4.78, 5) is 23.2. The van der Waals surface area contributed by atoms with Crippen LogP contribution < -0.4 is 36.9 Å². The topological polar surface area (TPSA) is 157 Å². The summed E-state index contributed by atoms with van der Waals surface area (Å²) in [7, 11) is 1.49. The van der Waals surface area contributed by atoms with Gasteiger partial charge < -0.3 is 41.8 Å². The largest absolute Gasteiger partial charge is 0.495 e. The van der Waals surface area contributed by atoms with E-state index in [2.05, 4.69) is 15.3 Å². The van der Waals surface area contributed by atoms with Gasteiger partial charge >= 0.3 is 0 Å². The van der Waals surface area contributed by atoms with Crippen molar-refractivity contribution in [3.63, 3.8) is 0 Å². The number of carbonyl (C=O) groups is 1. The molecule has 0 spiro atoms. The number of hydrogen-bond donors (Lipinski definition) is 4. The standard InChI is InChI=1S/C22H28F2N8O3/c1-34-14-2-5-18(30-12-14)35-17-4-3-16(19(23)20(17)24)32-11-10-31(13-32)9-8-28-21(33)15(25)6-7-29-22(26)27/h2-5,10-12,15H,6-9,13,25H2,1H3,(H,28,33)(H4,26,27,29)/t15-/m1/s1. The molecule has 1 amide bonds. The number of nitrogens with zero attached hydrogens (tertiary/aromatic N) is 4. The molecular weight excluding hydrogens is 462 g/mol. The molecule has 3 rings (SSSR count). The fourth-order valence-corrected chi connectivity index (χ4v) is 3.17. The van der Waals surface area contributed by atoms with Gasteiger partial charge in [0.1, 0.15) is 5.75 Å². The van der Waals surface area contributed by atoms with Gasteiger partial charge in [-0.1, -0.05) is 0 Å². The van der Waals surface area contributed by atoms with E-state index >= 15 is 0 Å². The number of ether oxygens (including phenoxy) is 2. The van der Waals surface area contributed by atoms with E-state index in [0.717, 1.165) is 0 Å². The van der Waals surface area contributed by atoms with Gasteiger partial charge in [-0.2, -0.15) is 4.39 Å². The maximum Gasteiger partial charge on any atom is 0.237 e. The Morgan fingerprint density at radius 2 is 2.03 bits per heavy atom. The van der Waals surface area contributed by atoms with E-state index in [0.29, 0.717) is 25.3 Å². The lowest BCUT2D eigenvalue weighted by atomic mass is 10.2. The predicted octanol–water partition coefficient (Wildman–Crippen LogP) is 0.818. The van der Waals surface area contributed by atoms with Crippen molar-refractivity contribution in [2.24, 2.45) is 22.2 Å². The van der Waals surface area contributed by atoms with Crippen molar-refractivity contribution in [2.45, 2.75) is 12.5 Å². The minimum atomic E-state index is -1.13. The second-order valence-corrected chi connectivity index (χ2v) is 7.56. The molecule has 0 saturated carbocycles. The van der Waals surface area contributed by atoms with Crippen LogP contribution in [0.25, 0.3) is 0 Å². The minimum absolute atomic E-state index is 0.0436. The summed E-state index contributed by atoms with van der Waals surface area (Å²) < 4.78 is 39.8. The SMILES string of the molecule is COc1ccc(Oc2ccc(N3C=CN(CCNC(=O)[C@H](N)CCN=C(N)N)C3)c(F)c2F)nc1. The zero-order valence-electron chi connectivity index (χ0n) is 19.2. The molecule has 2 heterocycles. The van der Waals surface area contributed by atoms with Gasteiger partial charge in [-0.25, -0.2) is 9.37 Å². The van der Waals surface area contributed by atoms with Crippen molar-refractivity contribution >= 4 is 17.6 Å². The highest BCUT2D eigenvalue weighted by molar-refractivity contribution is 5.81. The molecular formula is C22H28F2N8O3. The molecule has 1 aliphatic rings. The Kier molecular flexibility index (Phi) is 8.62. The summed E-state index contributed by atoms with van der Waals surface area (Å²) in [6.07, 6.45) is 5.05. The highest BCUT2D eigenvalue weighted by atomic mass is 19.2. The molecule has 0 aliphatic carbocycles.